The van der Waals surface area contributed by atoms with Gasteiger partial charge in [0.2, 0.25) is 0 Å². The number of benzene rings is 2. The maximum absolute atomic E-state index is 11.0. The van der Waals surface area contributed by atoms with Gasteiger partial charge in [0, 0.05) is 5.56 Å². The average Bonchev–Trinajstić information content (AvgIpc) is 2.41. The number of phenolic OH excluding ortho intramolecular Hbond substituents is 2. The minimum Gasteiger partial charge on any atom is -0.508 e. The van der Waals surface area contributed by atoms with Crippen LogP contribution in [0.15, 0.2) is 42.5 Å². The van der Waals surface area contributed by atoms with E-state index in [0.29, 0.717) is 12.0 Å². The Morgan fingerprint density at radius 3 is 2.32 bits per heavy atom. The maximum Gasteiger partial charge on any atom is 0.524 e. The Morgan fingerprint density at radius 1 is 1.09 bits per heavy atom. The molecule has 7 heteroatoms. The first-order valence-electron chi connectivity index (χ1n) is 6.61. The second kappa shape index (κ2) is 6.40. The number of rotatable bonds is 5. The van der Waals surface area contributed by atoms with Gasteiger partial charge in [-0.15, -0.1) is 0 Å². The highest BCUT2D eigenvalue weighted by Gasteiger charge is 2.21. The van der Waals surface area contributed by atoms with E-state index in [4.69, 9.17) is 9.79 Å². The van der Waals surface area contributed by atoms with E-state index in [9.17, 15) is 14.8 Å². The molecular weight excluding hydrogens is 307 g/mol. The van der Waals surface area contributed by atoms with Crippen molar-refractivity contribution in [3.63, 3.8) is 0 Å². The van der Waals surface area contributed by atoms with E-state index in [1.807, 2.05) is 6.92 Å². The van der Waals surface area contributed by atoms with Crippen LogP contribution in [0.1, 0.15) is 24.0 Å². The Balaban J connectivity index is 2.28. The molecule has 0 bridgehead atoms. The zero-order valence-electron chi connectivity index (χ0n) is 11.9. The molecule has 2 aromatic carbocycles. The van der Waals surface area contributed by atoms with Crippen molar-refractivity contribution < 1.29 is 29.1 Å². The summed E-state index contributed by atoms with van der Waals surface area (Å²) in [5, 5.41) is 19.3. The van der Waals surface area contributed by atoms with Crippen molar-refractivity contribution in [3.05, 3.63) is 53.6 Å². The Bertz CT molecular complexity index is 692. The summed E-state index contributed by atoms with van der Waals surface area (Å²) in [5.74, 6) is -0.0207. The van der Waals surface area contributed by atoms with Crippen LogP contribution in [0.4, 0.5) is 0 Å². The van der Waals surface area contributed by atoms with Crippen molar-refractivity contribution in [2.75, 3.05) is 0 Å². The Kier molecular flexibility index (Phi) is 4.76. The summed E-state index contributed by atoms with van der Waals surface area (Å²) in [5.41, 5.74) is 1.24. The zero-order valence-corrected chi connectivity index (χ0v) is 12.8. The average molecular weight is 324 g/mol. The van der Waals surface area contributed by atoms with Gasteiger partial charge in [0.05, 0.1) is 0 Å². The molecular formula is C15H17O6P. The number of hydrogen-bond donors (Lipinski definition) is 4. The summed E-state index contributed by atoms with van der Waals surface area (Å²) in [4.78, 5) is 17.9. The van der Waals surface area contributed by atoms with Gasteiger partial charge in [0.15, 0.2) is 0 Å². The molecule has 118 valence electrons. The summed E-state index contributed by atoms with van der Waals surface area (Å²) >= 11 is 0. The zero-order chi connectivity index (χ0) is 16.3. The fourth-order valence-electron chi connectivity index (χ4n) is 2.20. The number of phenols is 2. The molecule has 2 rings (SSSR count). The quantitative estimate of drug-likeness (QED) is 0.630. The van der Waals surface area contributed by atoms with Gasteiger partial charge >= 0.3 is 7.82 Å². The van der Waals surface area contributed by atoms with Crippen molar-refractivity contribution in [1.29, 1.82) is 0 Å². The first-order valence-corrected chi connectivity index (χ1v) is 8.14. The number of phosphoric ester groups is 1. The van der Waals surface area contributed by atoms with Crippen molar-refractivity contribution >= 4 is 7.82 Å². The summed E-state index contributed by atoms with van der Waals surface area (Å²) in [6.07, 6.45) is 0.326. The standard InChI is InChI=1S/C15H17O6P/c1-10(11-5-7-12(16)8-6-11)9-13-14(17)3-2-4-15(13)21-22(18,19)20/h2-8,10,16-17H,9H2,1H3,(H2,18,19,20). The summed E-state index contributed by atoms with van der Waals surface area (Å²) in [6.45, 7) is 1.90. The second-order valence-electron chi connectivity index (χ2n) is 5.03. The molecule has 4 N–H and O–H groups in total. The molecule has 0 saturated carbocycles. The Morgan fingerprint density at radius 2 is 1.73 bits per heavy atom. The van der Waals surface area contributed by atoms with E-state index in [1.54, 1.807) is 24.3 Å². The summed E-state index contributed by atoms with van der Waals surface area (Å²) in [6, 6.07) is 10.9. The minimum atomic E-state index is -4.70. The summed E-state index contributed by atoms with van der Waals surface area (Å²) < 4.78 is 15.7. The molecule has 0 spiro atoms. The smallest absolute Gasteiger partial charge is 0.508 e. The van der Waals surface area contributed by atoms with E-state index in [1.165, 1.54) is 18.2 Å². The fourth-order valence-corrected chi connectivity index (χ4v) is 2.63. The highest BCUT2D eigenvalue weighted by molar-refractivity contribution is 7.46. The van der Waals surface area contributed by atoms with Crippen LogP contribution in [0, 0.1) is 0 Å². The van der Waals surface area contributed by atoms with Crippen molar-refractivity contribution in [3.8, 4) is 17.2 Å². The van der Waals surface area contributed by atoms with Gasteiger partial charge in [-0.3, -0.25) is 9.79 Å². The fraction of sp³-hybridized carbons (Fsp3) is 0.200. The monoisotopic (exact) mass is 324 g/mol. The predicted octanol–water partition coefficient (Wildman–Crippen LogP) is 2.92. The molecule has 0 fully saturated rings. The third kappa shape index (κ3) is 4.24. The van der Waals surface area contributed by atoms with Crippen molar-refractivity contribution in [1.82, 2.24) is 0 Å². The topological polar surface area (TPSA) is 107 Å². The van der Waals surface area contributed by atoms with Gasteiger partial charge in [0.25, 0.3) is 0 Å². The van der Waals surface area contributed by atoms with Crippen LogP contribution in [0.5, 0.6) is 17.2 Å². The van der Waals surface area contributed by atoms with Crippen LogP contribution in [-0.2, 0) is 11.0 Å². The van der Waals surface area contributed by atoms with Crippen LogP contribution in [0.2, 0.25) is 0 Å². The molecule has 22 heavy (non-hydrogen) atoms. The van der Waals surface area contributed by atoms with Gasteiger partial charge in [0.1, 0.15) is 17.2 Å². The highest BCUT2D eigenvalue weighted by atomic mass is 31.2. The van der Waals surface area contributed by atoms with E-state index in [2.05, 4.69) is 4.52 Å². The molecule has 2 aromatic rings. The lowest BCUT2D eigenvalue weighted by Gasteiger charge is -2.17. The first-order chi connectivity index (χ1) is 10.3. The third-order valence-corrected chi connectivity index (χ3v) is 3.73. The summed E-state index contributed by atoms with van der Waals surface area (Å²) in [7, 11) is -4.70. The Hall–Kier alpha value is -2.01. The van der Waals surface area contributed by atoms with E-state index >= 15 is 0 Å². The number of hydrogen-bond acceptors (Lipinski definition) is 4. The van der Waals surface area contributed by atoms with Crippen molar-refractivity contribution in [2.24, 2.45) is 0 Å². The van der Waals surface area contributed by atoms with Crippen LogP contribution in [0.25, 0.3) is 0 Å². The van der Waals surface area contributed by atoms with Crippen LogP contribution in [0.3, 0.4) is 0 Å². The lowest BCUT2D eigenvalue weighted by molar-refractivity contribution is 0.281. The lowest BCUT2D eigenvalue weighted by atomic mass is 9.93. The molecule has 0 heterocycles. The van der Waals surface area contributed by atoms with Gasteiger partial charge in [-0.2, -0.15) is 0 Å². The third-order valence-electron chi connectivity index (χ3n) is 3.30. The molecule has 0 amide bonds. The largest absolute Gasteiger partial charge is 0.524 e. The van der Waals surface area contributed by atoms with E-state index in [-0.39, 0.29) is 23.2 Å². The molecule has 0 aromatic heterocycles. The Labute approximate surface area is 127 Å². The molecule has 6 nitrogen and oxygen atoms in total. The molecule has 1 unspecified atom stereocenters. The second-order valence-corrected chi connectivity index (χ2v) is 6.20. The van der Waals surface area contributed by atoms with Gasteiger partial charge in [-0.05, 0) is 42.2 Å². The molecule has 0 saturated heterocycles. The highest BCUT2D eigenvalue weighted by Crippen LogP contribution is 2.42. The SMILES string of the molecule is CC(Cc1c(O)cccc1OP(=O)(O)O)c1ccc(O)cc1. The molecule has 0 aliphatic rings. The number of phosphoric acid groups is 1. The number of aromatic hydroxyl groups is 2. The predicted molar refractivity (Wildman–Crippen MR) is 81.0 cm³/mol. The van der Waals surface area contributed by atoms with Crippen LogP contribution >= 0.6 is 7.82 Å². The van der Waals surface area contributed by atoms with Crippen LogP contribution in [-0.4, -0.2) is 20.0 Å². The molecule has 1 atom stereocenters. The van der Waals surface area contributed by atoms with Gasteiger partial charge < -0.3 is 14.7 Å². The van der Waals surface area contributed by atoms with Gasteiger partial charge in [-0.1, -0.05) is 25.1 Å². The van der Waals surface area contributed by atoms with Crippen molar-refractivity contribution in [2.45, 2.75) is 19.3 Å². The maximum atomic E-state index is 11.0. The first kappa shape index (κ1) is 16.4. The molecule has 0 radical (unpaired) electrons. The van der Waals surface area contributed by atoms with E-state index in [0.717, 1.165) is 5.56 Å². The van der Waals surface area contributed by atoms with Crippen LogP contribution < -0.4 is 4.52 Å². The lowest BCUT2D eigenvalue weighted by Crippen LogP contribution is -2.02. The van der Waals surface area contributed by atoms with Gasteiger partial charge in [-0.25, -0.2) is 4.57 Å². The minimum absolute atomic E-state index is 0.0426. The molecule has 0 aliphatic heterocycles. The van der Waals surface area contributed by atoms with E-state index < -0.39 is 7.82 Å². The molecule has 0 aliphatic carbocycles. The normalized spacial score (nSPS) is 12.9.